The standard InChI is InChI=1S/C21H26N4O4S2/c1-6-25(7-2)19(27)17-12(3)16(20(28)29-5)18(31-17)24-21(30)23-15-10-8-14(9-11-15)22-13(4)26/h8-11H,6-7H2,1-5H3,(H,22,26)(H2,23,24,30). The maximum atomic E-state index is 12.9. The fourth-order valence-corrected chi connectivity index (χ4v) is 4.37. The topological polar surface area (TPSA) is 99.8 Å². The molecule has 0 aliphatic rings. The van der Waals surface area contributed by atoms with Crippen LogP contribution in [-0.4, -0.2) is 48.0 Å². The molecule has 0 saturated carbocycles. The molecule has 10 heteroatoms. The third-order valence-electron chi connectivity index (χ3n) is 4.47. The van der Waals surface area contributed by atoms with E-state index in [4.69, 9.17) is 17.0 Å². The predicted molar refractivity (Wildman–Crippen MR) is 128 cm³/mol. The summed E-state index contributed by atoms with van der Waals surface area (Å²) in [4.78, 5) is 38.5. The first-order valence-electron chi connectivity index (χ1n) is 9.68. The Morgan fingerprint density at radius 1 is 1.03 bits per heavy atom. The number of benzene rings is 1. The molecule has 1 aromatic heterocycles. The highest BCUT2D eigenvalue weighted by Gasteiger charge is 2.27. The van der Waals surface area contributed by atoms with E-state index in [-0.39, 0.29) is 22.5 Å². The van der Waals surface area contributed by atoms with Crippen molar-refractivity contribution < 1.29 is 19.1 Å². The van der Waals surface area contributed by atoms with Crippen molar-refractivity contribution in [3.63, 3.8) is 0 Å². The van der Waals surface area contributed by atoms with Crippen LogP contribution >= 0.6 is 23.6 Å². The van der Waals surface area contributed by atoms with E-state index in [1.807, 2.05) is 13.8 Å². The predicted octanol–water partition coefficient (Wildman–Crippen LogP) is 4.09. The highest BCUT2D eigenvalue weighted by Crippen LogP contribution is 2.34. The molecule has 1 aromatic carbocycles. The Balaban J connectivity index is 2.25. The molecule has 0 aliphatic carbocycles. The first-order valence-corrected chi connectivity index (χ1v) is 10.9. The minimum atomic E-state index is -0.544. The van der Waals surface area contributed by atoms with E-state index in [0.29, 0.717) is 39.9 Å². The third kappa shape index (κ3) is 6.02. The number of thiophene rings is 1. The summed E-state index contributed by atoms with van der Waals surface area (Å²) in [5.41, 5.74) is 2.20. The molecule has 8 nitrogen and oxygen atoms in total. The molecule has 2 rings (SSSR count). The number of hydrogen-bond donors (Lipinski definition) is 3. The van der Waals surface area contributed by atoms with E-state index in [2.05, 4.69) is 16.0 Å². The van der Waals surface area contributed by atoms with Crippen molar-refractivity contribution in [3.8, 4) is 0 Å². The minimum absolute atomic E-state index is 0.141. The van der Waals surface area contributed by atoms with E-state index in [9.17, 15) is 14.4 Å². The van der Waals surface area contributed by atoms with Gasteiger partial charge >= 0.3 is 5.97 Å². The Labute approximate surface area is 191 Å². The van der Waals surface area contributed by atoms with Gasteiger partial charge in [0.25, 0.3) is 5.91 Å². The Hall–Kier alpha value is -2.98. The van der Waals surface area contributed by atoms with Crippen LogP contribution in [-0.2, 0) is 9.53 Å². The number of nitrogens with zero attached hydrogens (tertiary/aromatic N) is 1. The molecular formula is C21H26N4O4S2. The second-order valence-corrected chi connectivity index (χ2v) is 8.00. The van der Waals surface area contributed by atoms with E-state index in [0.717, 1.165) is 0 Å². The molecule has 0 atom stereocenters. The lowest BCUT2D eigenvalue weighted by Crippen LogP contribution is -2.30. The van der Waals surface area contributed by atoms with Gasteiger partial charge in [-0.25, -0.2) is 4.79 Å². The molecule has 0 aliphatic heterocycles. The van der Waals surface area contributed by atoms with E-state index < -0.39 is 5.97 Å². The third-order valence-corrected chi connectivity index (χ3v) is 5.87. The van der Waals surface area contributed by atoms with Crippen molar-refractivity contribution >= 4 is 62.8 Å². The number of thiocarbonyl (C=S) groups is 1. The average molecular weight is 463 g/mol. The molecule has 166 valence electrons. The van der Waals surface area contributed by atoms with Gasteiger partial charge in [-0.05, 0) is 62.8 Å². The summed E-state index contributed by atoms with van der Waals surface area (Å²) in [5.74, 6) is -0.841. The molecule has 2 amide bonds. The van der Waals surface area contributed by atoms with Gasteiger partial charge in [0.05, 0.1) is 17.6 Å². The second-order valence-electron chi connectivity index (χ2n) is 6.57. The molecule has 31 heavy (non-hydrogen) atoms. The zero-order valence-corrected chi connectivity index (χ0v) is 19.8. The van der Waals surface area contributed by atoms with Crippen LogP contribution in [0.2, 0.25) is 0 Å². The van der Waals surface area contributed by atoms with E-state index >= 15 is 0 Å². The maximum absolute atomic E-state index is 12.9. The van der Waals surface area contributed by atoms with Crippen LogP contribution in [0.25, 0.3) is 0 Å². The number of amides is 2. The van der Waals surface area contributed by atoms with Crippen molar-refractivity contribution in [1.82, 2.24) is 4.90 Å². The normalized spacial score (nSPS) is 10.2. The summed E-state index contributed by atoms with van der Waals surface area (Å²) in [5, 5.41) is 9.41. The first kappa shape index (κ1) is 24.3. The van der Waals surface area contributed by atoms with Crippen molar-refractivity contribution in [2.24, 2.45) is 0 Å². The second kappa shape index (κ2) is 10.9. The quantitative estimate of drug-likeness (QED) is 0.421. The maximum Gasteiger partial charge on any atom is 0.341 e. The van der Waals surface area contributed by atoms with E-state index in [1.54, 1.807) is 36.1 Å². The summed E-state index contributed by atoms with van der Waals surface area (Å²) in [7, 11) is 1.29. The van der Waals surface area contributed by atoms with Crippen molar-refractivity contribution in [3.05, 3.63) is 40.3 Å². The summed E-state index contributed by atoms with van der Waals surface area (Å²) in [6, 6.07) is 7.00. The Morgan fingerprint density at radius 2 is 1.58 bits per heavy atom. The summed E-state index contributed by atoms with van der Waals surface area (Å²) < 4.78 is 4.91. The monoisotopic (exact) mass is 462 g/mol. The molecular weight excluding hydrogens is 436 g/mol. The first-order chi connectivity index (χ1) is 14.7. The number of ether oxygens (including phenoxy) is 1. The summed E-state index contributed by atoms with van der Waals surface area (Å²) in [6.45, 7) is 8.10. The van der Waals surface area contributed by atoms with Crippen LogP contribution in [0.1, 0.15) is 46.4 Å². The van der Waals surface area contributed by atoms with Crippen molar-refractivity contribution in [2.45, 2.75) is 27.7 Å². The van der Waals surface area contributed by atoms with Gasteiger partial charge in [0.1, 0.15) is 5.00 Å². The van der Waals surface area contributed by atoms with Gasteiger partial charge in [-0.3, -0.25) is 9.59 Å². The molecule has 0 unspecified atom stereocenters. The van der Waals surface area contributed by atoms with Gasteiger partial charge in [-0.2, -0.15) is 0 Å². The lowest BCUT2D eigenvalue weighted by atomic mass is 10.1. The smallest absolute Gasteiger partial charge is 0.341 e. The number of nitrogens with one attached hydrogen (secondary N) is 3. The highest BCUT2D eigenvalue weighted by molar-refractivity contribution is 7.80. The zero-order valence-electron chi connectivity index (χ0n) is 18.1. The molecule has 1 heterocycles. The van der Waals surface area contributed by atoms with Crippen LogP contribution in [0.3, 0.4) is 0 Å². The Kier molecular flexibility index (Phi) is 8.52. The number of carbonyl (C=O) groups excluding carboxylic acids is 3. The molecule has 3 N–H and O–H groups in total. The summed E-state index contributed by atoms with van der Waals surface area (Å²) >= 11 is 6.55. The fourth-order valence-electron chi connectivity index (χ4n) is 2.91. The zero-order chi connectivity index (χ0) is 23.1. The largest absolute Gasteiger partial charge is 0.465 e. The van der Waals surface area contributed by atoms with Crippen LogP contribution in [0.4, 0.5) is 16.4 Å². The number of carbonyl (C=O) groups is 3. The van der Waals surface area contributed by atoms with Crippen LogP contribution in [0.15, 0.2) is 24.3 Å². The molecule has 0 fully saturated rings. The van der Waals surface area contributed by atoms with Gasteiger partial charge in [0.2, 0.25) is 5.91 Å². The van der Waals surface area contributed by atoms with Crippen molar-refractivity contribution in [1.29, 1.82) is 0 Å². The average Bonchev–Trinajstić information content (AvgIpc) is 3.05. The van der Waals surface area contributed by atoms with Crippen LogP contribution < -0.4 is 16.0 Å². The molecule has 0 saturated heterocycles. The molecule has 0 radical (unpaired) electrons. The number of esters is 1. The van der Waals surface area contributed by atoms with Gasteiger partial charge < -0.3 is 25.6 Å². The number of hydrogen-bond acceptors (Lipinski definition) is 6. The fraction of sp³-hybridized carbons (Fsp3) is 0.333. The van der Waals surface area contributed by atoms with Gasteiger partial charge in [-0.15, -0.1) is 11.3 Å². The molecule has 0 spiro atoms. The number of rotatable bonds is 7. The summed E-state index contributed by atoms with van der Waals surface area (Å²) in [6.07, 6.45) is 0. The lowest BCUT2D eigenvalue weighted by Gasteiger charge is -2.17. The van der Waals surface area contributed by atoms with Crippen LogP contribution in [0.5, 0.6) is 0 Å². The molecule has 0 bridgehead atoms. The SMILES string of the molecule is CCN(CC)C(=O)c1sc(NC(=S)Nc2ccc(NC(C)=O)cc2)c(C(=O)OC)c1C. The minimum Gasteiger partial charge on any atom is -0.465 e. The van der Waals surface area contributed by atoms with Gasteiger partial charge in [-0.1, -0.05) is 0 Å². The van der Waals surface area contributed by atoms with E-state index in [1.165, 1.54) is 25.4 Å². The highest BCUT2D eigenvalue weighted by atomic mass is 32.1. The van der Waals surface area contributed by atoms with Gasteiger partial charge in [0.15, 0.2) is 5.11 Å². The lowest BCUT2D eigenvalue weighted by molar-refractivity contribution is -0.114. The molecule has 2 aromatic rings. The number of anilines is 3. The Bertz CT molecular complexity index is 982. The van der Waals surface area contributed by atoms with Crippen LogP contribution in [0, 0.1) is 6.92 Å². The van der Waals surface area contributed by atoms with Crippen molar-refractivity contribution in [2.75, 3.05) is 36.1 Å². The number of methoxy groups -OCH3 is 1. The van der Waals surface area contributed by atoms with Gasteiger partial charge in [0, 0.05) is 31.4 Å². The Morgan fingerprint density at radius 3 is 2.06 bits per heavy atom.